The van der Waals surface area contributed by atoms with E-state index in [1.54, 1.807) is 31.2 Å². The van der Waals surface area contributed by atoms with Crippen LogP contribution in [0.4, 0.5) is 10.1 Å². The average molecular weight is 355 g/mol. The number of hydrogen-bond donors (Lipinski definition) is 1. The number of esters is 1. The fourth-order valence-electron chi connectivity index (χ4n) is 2.00. The van der Waals surface area contributed by atoms with Crippen molar-refractivity contribution in [3.63, 3.8) is 0 Å². The Morgan fingerprint density at radius 1 is 1.04 bits per heavy atom. The molecule has 134 valence electrons. The molecule has 0 bridgehead atoms. The highest BCUT2D eigenvalue weighted by atomic mass is 19.1. The SMILES string of the molecule is CCC(=O)Nc1ccc(C(=O)COC(=O)/C=C/c2ccc(F)cc2)cc1. The predicted molar refractivity (Wildman–Crippen MR) is 96.1 cm³/mol. The van der Waals surface area contributed by atoms with E-state index in [9.17, 15) is 18.8 Å². The number of rotatable bonds is 7. The van der Waals surface area contributed by atoms with Crippen LogP contribution in [0.2, 0.25) is 0 Å². The molecule has 0 saturated heterocycles. The van der Waals surface area contributed by atoms with Gasteiger partial charge in [-0.15, -0.1) is 0 Å². The first-order valence-electron chi connectivity index (χ1n) is 8.01. The lowest BCUT2D eigenvalue weighted by Crippen LogP contribution is -2.13. The van der Waals surface area contributed by atoms with E-state index in [2.05, 4.69) is 5.32 Å². The van der Waals surface area contributed by atoms with Gasteiger partial charge in [-0.1, -0.05) is 19.1 Å². The first kappa shape index (κ1) is 19.1. The maximum Gasteiger partial charge on any atom is 0.331 e. The molecule has 2 aromatic carbocycles. The first-order valence-corrected chi connectivity index (χ1v) is 8.01. The van der Waals surface area contributed by atoms with Crippen LogP contribution in [0, 0.1) is 5.82 Å². The minimum atomic E-state index is -0.672. The Labute approximate surface area is 150 Å². The van der Waals surface area contributed by atoms with Crippen LogP contribution in [-0.2, 0) is 14.3 Å². The van der Waals surface area contributed by atoms with Crippen molar-refractivity contribution in [1.82, 2.24) is 0 Å². The van der Waals surface area contributed by atoms with E-state index in [0.717, 1.165) is 0 Å². The van der Waals surface area contributed by atoms with Crippen LogP contribution >= 0.6 is 0 Å². The summed E-state index contributed by atoms with van der Waals surface area (Å²) in [6.07, 6.45) is 3.00. The third-order valence-corrected chi connectivity index (χ3v) is 3.44. The van der Waals surface area contributed by atoms with Gasteiger partial charge in [0.15, 0.2) is 12.4 Å². The van der Waals surface area contributed by atoms with Crippen molar-refractivity contribution in [2.75, 3.05) is 11.9 Å². The van der Waals surface area contributed by atoms with Gasteiger partial charge in [-0.3, -0.25) is 9.59 Å². The van der Waals surface area contributed by atoms with Crippen LogP contribution in [0.25, 0.3) is 6.08 Å². The van der Waals surface area contributed by atoms with Gasteiger partial charge in [-0.05, 0) is 48.0 Å². The summed E-state index contributed by atoms with van der Waals surface area (Å²) in [6.45, 7) is 1.35. The lowest BCUT2D eigenvalue weighted by Gasteiger charge is -2.05. The molecule has 0 atom stereocenters. The van der Waals surface area contributed by atoms with Crippen molar-refractivity contribution in [1.29, 1.82) is 0 Å². The molecule has 0 aromatic heterocycles. The molecule has 0 spiro atoms. The smallest absolute Gasteiger partial charge is 0.331 e. The number of amides is 1. The maximum absolute atomic E-state index is 12.8. The number of hydrogen-bond acceptors (Lipinski definition) is 4. The van der Waals surface area contributed by atoms with E-state index in [0.29, 0.717) is 23.2 Å². The molecule has 0 radical (unpaired) electrons. The fraction of sp³-hybridized carbons (Fsp3) is 0.150. The molecule has 0 aliphatic rings. The van der Waals surface area contributed by atoms with Crippen LogP contribution in [0.5, 0.6) is 0 Å². The molecule has 26 heavy (non-hydrogen) atoms. The van der Waals surface area contributed by atoms with Crippen LogP contribution < -0.4 is 5.32 Å². The number of Topliss-reactive ketones (excluding diaryl/α,β-unsaturated/α-hetero) is 1. The van der Waals surface area contributed by atoms with Crippen molar-refractivity contribution in [2.24, 2.45) is 0 Å². The van der Waals surface area contributed by atoms with Gasteiger partial charge < -0.3 is 10.1 Å². The average Bonchev–Trinajstić information content (AvgIpc) is 2.66. The van der Waals surface area contributed by atoms with E-state index >= 15 is 0 Å². The number of ketones is 1. The van der Waals surface area contributed by atoms with Gasteiger partial charge >= 0.3 is 5.97 Å². The highest BCUT2D eigenvalue weighted by molar-refractivity contribution is 5.99. The predicted octanol–water partition coefficient (Wildman–Crippen LogP) is 3.61. The van der Waals surface area contributed by atoms with E-state index in [-0.39, 0.29) is 17.5 Å². The molecule has 0 saturated carbocycles. The molecule has 1 N–H and O–H groups in total. The van der Waals surface area contributed by atoms with Crippen molar-refractivity contribution in [2.45, 2.75) is 13.3 Å². The van der Waals surface area contributed by atoms with Gasteiger partial charge in [0.05, 0.1) is 0 Å². The summed E-state index contributed by atoms with van der Waals surface area (Å²) in [7, 11) is 0. The molecule has 0 unspecified atom stereocenters. The highest BCUT2D eigenvalue weighted by Gasteiger charge is 2.09. The standard InChI is InChI=1S/C20H18FNO4/c1-2-19(24)22-17-10-6-15(7-11-17)18(23)13-26-20(25)12-5-14-3-8-16(21)9-4-14/h3-12H,2,13H2,1H3,(H,22,24)/b12-5+. The van der Waals surface area contributed by atoms with Gasteiger partial charge in [0, 0.05) is 23.7 Å². The second-order valence-electron chi connectivity index (χ2n) is 5.39. The molecule has 0 fully saturated rings. The monoisotopic (exact) mass is 355 g/mol. The Morgan fingerprint density at radius 3 is 2.31 bits per heavy atom. The van der Waals surface area contributed by atoms with Crippen molar-refractivity contribution >= 4 is 29.4 Å². The highest BCUT2D eigenvalue weighted by Crippen LogP contribution is 2.11. The number of carbonyl (C=O) groups excluding carboxylic acids is 3. The minimum absolute atomic E-state index is 0.119. The van der Waals surface area contributed by atoms with Crippen LogP contribution in [-0.4, -0.2) is 24.3 Å². The van der Waals surface area contributed by atoms with Crippen molar-refractivity contribution in [3.05, 3.63) is 71.6 Å². The molecule has 2 aromatic rings. The second kappa shape index (κ2) is 9.27. The Morgan fingerprint density at radius 2 is 1.69 bits per heavy atom. The normalized spacial score (nSPS) is 10.5. The largest absolute Gasteiger partial charge is 0.454 e. The number of ether oxygens (including phenoxy) is 1. The number of halogens is 1. The summed E-state index contributed by atoms with van der Waals surface area (Å²) in [5, 5.41) is 2.68. The molecule has 0 heterocycles. The summed E-state index contributed by atoms with van der Waals surface area (Å²) in [6, 6.07) is 11.9. The lowest BCUT2D eigenvalue weighted by atomic mass is 10.1. The molecule has 1 amide bonds. The number of carbonyl (C=O) groups is 3. The third-order valence-electron chi connectivity index (χ3n) is 3.44. The number of nitrogens with one attached hydrogen (secondary N) is 1. The molecule has 5 nitrogen and oxygen atoms in total. The van der Waals surface area contributed by atoms with Crippen molar-refractivity contribution in [3.8, 4) is 0 Å². The van der Waals surface area contributed by atoms with E-state index in [1.165, 1.54) is 36.4 Å². The summed E-state index contributed by atoms with van der Waals surface area (Å²) >= 11 is 0. The van der Waals surface area contributed by atoms with Crippen molar-refractivity contribution < 1.29 is 23.5 Å². The van der Waals surface area contributed by atoms with E-state index in [1.807, 2.05) is 0 Å². The zero-order valence-electron chi connectivity index (χ0n) is 14.2. The number of anilines is 1. The summed E-state index contributed by atoms with van der Waals surface area (Å²) in [5.74, 6) is -1.52. The van der Waals surface area contributed by atoms with Crippen LogP contribution in [0.1, 0.15) is 29.3 Å². The van der Waals surface area contributed by atoms with Gasteiger partial charge in [-0.25, -0.2) is 9.18 Å². The zero-order valence-corrected chi connectivity index (χ0v) is 14.2. The molecular weight excluding hydrogens is 337 g/mol. The summed E-state index contributed by atoms with van der Waals surface area (Å²) in [4.78, 5) is 35.0. The van der Waals surface area contributed by atoms with Gasteiger partial charge in [0.2, 0.25) is 5.91 Å². The number of benzene rings is 2. The Hall–Kier alpha value is -3.28. The van der Waals surface area contributed by atoms with E-state index < -0.39 is 12.6 Å². The van der Waals surface area contributed by atoms with Crippen LogP contribution in [0.3, 0.4) is 0 Å². The Balaban J connectivity index is 1.84. The quantitative estimate of drug-likeness (QED) is 0.468. The third kappa shape index (κ3) is 5.98. The molecule has 2 rings (SSSR count). The first-order chi connectivity index (χ1) is 12.5. The molecule has 0 aliphatic carbocycles. The van der Waals surface area contributed by atoms with Gasteiger partial charge in [0.1, 0.15) is 5.82 Å². The summed E-state index contributed by atoms with van der Waals surface area (Å²) in [5.41, 5.74) is 1.60. The van der Waals surface area contributed by atoms with Gasteiger partial charge in [-0.2, -0.15) is 0 Å². The second-order valence-corrected chi connectivity index (χ2v) is 5.39. The fourth-order valence-corrected chi connectivity index (χ4v) is 2.00. The Bertz CT molecular complexity index is 811. The zero-order chi connectivity index (χ0) is 18.9. The molecule has 6 heteroatoms. The van der Waals surface area contributed by atoms with Crippen LogP contribution in [0.15, 0.2) is 54.6 Å². The Kier molecular flexibility index (Phi) is 6.79. The molecular formula is C20H18FNO4. The maximum atomic E-state index is 12.8. The lowest BCUT2D eigenvalue weighted by molar-refractivity contribution is -0.136. The minimum Gasteiger partial charge on any atom is -0.454 e. The topological polar surface area (TPSA) is 72.5 Å². The van der Waals surface area contributed by atoms with E-state index in [4.69, 9.17) is 4.74 Å². The summed E-state index contributed by atoms with van der Waals surface area (Å²) < 4.78 is 17.7. The van der Waals surface area contributed by atoms with Gasteiger partial charge in [0.25, 0.3) is 0 Å². The molecule has 0 aliphatic heterocycles.